The van der Waals surface area contributed by atoms with Crippen LogP contribution in [0.25, 0.3) is 0 Å². The average molecular weight is 466 g/mol. The van der Waals surface area contributed by atoms with Crippen molar-refractivity contribution in [2.45, 2.75) is 95.4 Å². The molecule has 0 unspecified atom stereocenters. The van der Waals surface area contributed by atoms with Gasteiger partial charge in [0.1, 0.15) is 6.10 Å². The van der Waals surface area contributed by atoms with Gasteiger partial charge in [-0.3, -0.25) is 4.79 Å². The molecule has 5 nitrogen and oxygen atoms in total. The van der Waals surface area contributed by atoms with E-state index in [1.807, 2.05) is 0 Å². The van der Waals surface area contributed by atoms with Gasteiger partial charge in [0.15, 0.2) is 14.1 Å². The molecule has 0 amide bonds. The molecule has 7 heteroatoms. The minimum Gasteiger partial charge on any atom is -0.417 e. The fourth-order valence-corrected chi connectivity index (χ4v) is 4.76. The second-order valence-electron chi connectivity index (χ2n) is 9.20. The summed E-state index contributed by atoms with van der Waals surface area (Å²) in [6.07, 6.45) is 4.02. The third-order valence-electron chi connectivity index (χ3n) is 6.12. The Morgan fingerprint density at radius 3 is 2.37 bits per heavy atom. The fraction of sp³-hybridized carbons (Fsp3) is 0.950. The number of rotatable bonds is 8. The van der Waals surface area contributed by atoms with Crippen molar-refractivity contribution in [2.75, 3.05) is 25.2 Å². The zero-order valence-electron chi connectivity index (χ0n) is 17.6. The lowest BCUT2D eigenvalue weighted by Gasteiger charge is -2.39. The molecular weight excluding hydrogens is 428 g/mol. The van der Waals surface area contributed by atoms with Gasteiger partial charge in [-0.05, 0) is 50.2 Å². The van der Waals surface area contributed by atoms with E-state index in [0.29, 0.717) is 18.5 Å². The second-order valence-corrected chi connectivity index (χ2v) is 14.6. The molecule has 2 fully saturated rings. The molecule has 0 aromatic rings. The molecule has 2 saturated heterocycles. The van der Waals surface area contributed by atoms with Crippen LogP contribution in [0.5, 0.6) is 0 Å². The van der Waals surface area contributed by atoms with Crippen LogP contribution in [-0.4, -0.2) is 63.7 Å². The molecule has 2 rings (SSSR count). The van der Waals surface area contributed by atoms with Crippen LogP contribution >= 0.6 is 15.9 Å². The molecule has 2 heterocycles. The van der Waals surface area contributed by atoms with Gasteiger partial charge in [-0.1, -0.05) is 36.7 Å². The van der Waals surface area contributed by atoms with Gasteiger partial charge in [-0.15, -0.1) is 0 Å². The van der Waals surface area contributed by atoms with E-state index in [1.165, 1.54) is 0 Å². The first-order chi connectivity index (χ1) is 12.7. The van der Waals surface area contributed by atoms with Gasteiger partial charge in [0, 0.05) is 19.8 Å². The van der Waals surface area contributed by atoms with E-state index in [0.717, 1.165) is 38.7 Å². The van der Waals surface area contributed by atoms with E-state index in [4.69, 9.17) is 18.6 Å². The van der Waals surface area contributed by atoms with Crippen LogP contribution in [0, 0.1) is 0 Å². The van der Waals surface area contributed by atoms with Crippen LogP contribution < -0.4 is 0 Å². The number of carbonyl (C=O) groups excluding carboxylic acids is 1. The first-order valence-electron chi connectivity index (χ1n) is 10.3. The summed E-state index contributed by atoms with van der Waals surface area (Å²) in [5.74, 6) is 0.0641. The maximum absolute atomic E-state index is 12.2. The molecule has 4 atom stereocenters. The second kappa shape index (κ2) is 10.3. The maximum atomic E-state index is 12.2. The van der Waals surface area contributed by atoms with E-state index in [1.54, 1.807) is 0 Å². The molecule has 0 aromatic carbocycles. The number of alkyl halides is 1. The van der Waals surface area contributed by atoms with Crippen LogP contribution in [0.2, 0.25) is 18.1 Å². The summed E-state index contributed by atoms with van der Waals surface area (Å²) in [6, 6.07) is 0. The Morgan fingerprint density at radius 2 is 1.74 bits per heavy atom. The summed E-state index contributed by atoms with van der Waals surface area (Å²) >= 11 is 3.26. The smallest absolute Gasteiger partial charge is 0.191 e. The lowest BCUT2D eigenvalue weighted by atomic mass is 9.99. The summed E-state index contributed by atoms with van der Waals surface area (Å²) in [4.78, 5) is 12.2. The number of Topliss-reactive ketones (excluding diaryl/α,β-unsaturated/α-hetero) is 1. The minimum absolute atomic E-state index is 0.0130. The highest BCUT2D eigenvalue weighted by atomic mass is 79.9. The van der Waals surface area contributed by atoms with E-state index in [-0.39, 0.29) is 29.1 Å². The summed E-state index contributed by atoms with van der Waals surface area (Å²) in [7, 11) is -1.75. The average Bonchev–Trinajstić information content (AvgIpc) is 2.62. The molecule has 0 N–H and O–H groups in total. The Labute approximate surface area is 174 Å². The van der Waals surface area contributed by atoms with E-state index >= 15 is 0 Å². The Hall–Kier alpha value is 0.207. The molecule has 0 aromatic heterocycles. The summed E-state index contributed by atoms with van der Waals surface area (Å²) in [6.45, 7) is 13.4. The highest BCUT2D eigenvalue weighted by Gasteiger charge is 2.39. The first-order valence-corrected chi connectivity index (χ1v) is 14.3. The predicted octanol–water partition coefficient (Wildman–Crippen LogP) is 4.47. The fourth-order valence-electron chi connectivity index (χ4n) is 3.38. The highest BCUT2D eigenvalue weighted by Crippen LogP contribution is 2.37. The molecular formula is C20H37BrO5Si. The maximum Gasteiger partial charge on any atom is 0.191 e. The molecule has 0 saturated carbocycles. The Morgan fingerprint density at radius 1 is 1.11 bits per heavy atom. The van der Waals surface area contributed by atoms with Crippen LogP contribution in [0.4, 0.5) is 0 Å². The van der Waals surface area contributed by atoms with Crippen molar-refractivity contribution in [3.05, 3.63) is 0 Å². The van der Waals surface area contributed by atoms with Gasteiger partial charge in [0.25, 0.3) is 0 Å². The van der Waals surface area contributed by atoms with Crippen molar-refractivity contribution in [3.8, 4) is 0 Å². The third-order valence-corrected chi connectivity index (χ3v) is 11.2. The predicted molar refractivity (Wildman–Crippen MR) is 113 cm³/mol. The van der Waals surface area contributed by atoms with Gasteiger partial charge in [0.2, 0.25) is 0 Å². The SMILES string of the molecule is CC(C)(C)[Si](C)(C)OCC[C@@H]1OCCC[C@H]1O[C@H]1CCCO[C@@H]1C(=O)CBr. The molecule has 27 heavy (non-hydrogen) atoms. The van der Waals surface area contributed by atoms with E-state index in [9.17, 15) is 4.79 Å². The summed E-state index contributed by atoms with van der Waals surface area (Å²) in [5, 5.41) is 0.515. The van der Waals surface area contributed by atoms with Gasteiger partial charge in [-0.2, -0.15) is 0 Å². The zero-order chi connectivity index (χ0) is 20.1. The first kappa shape index (κ1) is 23.5. The molecule has 158 valence electrons. The topological polar surface area (TPSA) is 54.0 Å². The van der Waals surface area contributed by atoms with Crippen molar-refractivity contribution in [3.63, 3.8) is 0 Å². The van der Waals surface area contributed by atoms with E-state index in [2.05, 4.69) is 49.8 Å². The van der Waals surface area contributed by atoms with Crippen LogP contribution in [0.15, 0.2) is 0 Å². The molecule has 0 radical (unpaired) electrons. The Balaban J connectivity index is 1.91. The Kier molecular flexibility index (Phi) is 8.96. The largest absolute Gasteiger partial charge is 0.417 e. The van der Waals surface area contributed by atoms with Crippen molar-refractivity contribution in [1.82, 2.24) is 0 Å². The molecule has 0 bridgehead atoms. The van der Waals surface area contributed by atoms with Gasteiger partial charge >= 0.3 is 0 Å². The van der Waals surface area contributed by atoms with Gasteiger partial charge in [0.05, 0.1) is 23.6 Å². The van der Waals surface area contributed by atoms with Crippen LogP contribution in [0.1, 0.15) is 52.9 Å². The number of carbonyl (C=O) groups is 1. The number of hydrogen-bond donors (Lipinski definition) is 0. The summed E-state index contributed by atoms with van der Waals surface area (Å²) < 4.78 is 24.5. The summed E-state index contributed by atoms with van der Waals surface area (Å²) in [5.41, 5.74) is 0. The minimum atomic E-state index is -1.75. The number of ether oxygens (including phenoxy) is 3. The lowest BCUT2D eigenvalue weighted by Crippen LogP contribution is -2.48. The highest BCUT2D eigenvalue weighted by molar-refractivity contribution is 9.09. The van der Waals surface area contributed by atoms with Crippen LogP contribution in [-0.2, 0) is 23.4 Å². The number of halogens is 1. The quantitative estimate of drug-likeness (QED) is 0.391. The zero-order valence-corrected chi connectivity index (χ0v) is 20.2. The van der Waals surface area contributed by atoms with Crippen LogP contribution in [0.3, 0.4) is 0 Å². The van der Waals surface area contributed by atoms with Gasteiger partial charge < -0.3 is 18.6 Å². The Bertz CT molecular complexity index is 479. The molecule has 0 spiro atoms. The van der Waals surface area contributed by atoms with Crippen molar-refractivity contribution in [2.24, 2.45) is 0 Å². The van der Waals surface area contributed by atoms with Gasteiger partial charge in [-0.25, -0.2) is 0 Å². The molecule has 0 aliphatic carbocycles. The molecule has 2 aliphatic rings. The normalized spacial score (nSPS) is 30.3. The van der Waals surface area contributed by atoms with Crippen molar-refractivity contribution in [1.29, 1.82) is 0 Å². The third kappa shape index (κ3) is 6.61. The van der Waals surface area contributed by atoms with Crippen molar-refractivity contribution >= 4 is 30.0 Å². The van der Waals surface area contributed by atoms with Crippen molar-refractivity contribution < 1.29 is 23.4 Å². The van der Waals surface area contributed by atoms with E-state index < -0.39 is 14.4 Å². The molecule has 2 aliphatic heterocycles. The lowest BCUT2D eigenvalue weighted by molar-refractivity contribution is -0.182. The monoisotopic (exact) mass is 464 g/mol. The number of ketones is 1. The number of hydrogen-bond acceptors (Lipinski definition) is 5. The standard InChI is InChI=1S/C20H37BrO5Si/c1-20(2,3)27(4,5)25-13-10-16-17(8-6-11-23-16)26-18-9-7-12-24-19(18)15(22)14-21/h16-19H,6-14H2,1-5H3/t16-,17+,18-,19+/m0/s1.